The molecule has 8 heavy (non-hydrogen) atoms. The van der Waals surface area contributed by atoms with Crippen LogP contribution in [0.15, 0.2) is 0 Å². The summed E-state index contributed by atoms with van der Waals surface area (Å²) in [6.45, 7) is 0. The molecular weight excluding hydrogens is 190 g/mol. The van der Waals surface area contributed by atoms with Crippen molar-refractivity contribution < 1.29 is 16.8 Å². The molecule has 0 rings (SSSR count). The Morgan fingerprint density at radius 1 is 1.00 bits per heavy atom. The first-order chi connectivity index (χ1) is 3.20. The second-order valence-corrected chi connectivity index (χ2v) is 4.82. The Hall–Kier alpha value is 0.730. The monoisotopic (exact) mass is 190 g/mol. The molecule has 52 valence electrons. The maximum atomic E-state index is 11.1. The first kappa shape index (κ1) is 8.73. The summed E-state index contributed by atoms with van der Waals surface area (Å²) in [5, 5.41) is 0. The van der Waals surface area contributed by atoms with Crippen molar-refractivity contribution in [2.45, 2.75) is 4.58 Å². The molecule has 0 atom stereocenters. The van der Waals surface area contributed by atoms with E-state index in [0.29, 0.717) is 0 Å². The van der Waals surface area contributed by atoms with Crippen LogP contribution in [0.1, 0.15) is 0 Å². The van der Waals surface area contributed by atoms with Gasteiger partial charge in [-0.05, 0) is 0 Å². The number of halogens is 6. The Labute approximate surface area is 53.2 Å². The predicted octanol–water partition coefficient (Wildman–Crippen LogP) is 3.84. The Kier molecular flexibility index (Phi) is 2.03. The fourth-order valence-corrected chi connectivity index (χ4v) is 0. The van der Waals surface area contributed by atoms with E-state index in [2.05, 4.69) is 23.2 Å². The third-order valence-corrected chi connectivity index (χ3v) is 2.66. The third-order valence-electron chi connectivity index (χ3n) is 0.295. The van der Waals surface area contributed by atoms with Gasteiger partial charge < -0.3 is 0 Å². The molecule has 0 saturated carbocycles. The van der Waals surface area contributed by atoms with Gasteiger partial charge in [0.1, 0.15) is 0 Å². The molecule has 0 fully saturated rings. The Morgan fingerprint density at radius 3 is 1.12 bits per heavy atom. The SMILES string of the molecule is FP(F)(F)(F)C(Cl)Cl. The molecule has 0 bridgehead atoms. The van der Waals surface area contributed by atoms with Crippen molar-refractivity contribution >= 4 is 31.0 Å². The van der Waals surface area contributed by atoms with Crippen molar-refractivity contribution in [3.63, 3.8) is 0 Å². The fraction of sp³-hybridized carbons (Fsp3) is 1.00. The number of rotatable bonds is 1. The van der Waals surface area contributed by atoms with Gasteiger partial charge in [-0.2, -0.15) is 0 Å². The molecule has 0 aliphatic rings. The molecular formula is CHCl2F4P. The molecule has 0 spiro atoms. The number of alkyl halides is 2. The third kappa shape index (κ3) is 2.90. The van der Waals surface area contributed by atoms with Crippen LogP contribution in [-0.4, -0.2) is 4.58 Å². The van der Waals surface area contributed by atoms with Gasteiger partial charge in [-0.3, -0.25) is 0 Å². The molecule has 0 unspecified atom stereocenters. The van der Waals surface area contributed by atoms with Gasteiger partial charge >= 0.3 is 52.4 Å². The van der Waals surface area contributed by atoms with Crippen LogP contribution in [0.2, 0.25) is 0 Å². The van der Waals surface area contributed by atoms with E-state index in [9.17, 15) is 16.8 Å². The predicted molar refractivity (Wildman–Crippen MR) is 26.8 cm³/mol. The van der Waals surface area contributed by atoms with Crippen LogP contribution >= 0.6 is 31.0 Å². The van der Waals surface area contributed by atoms with Crippen LogP contribution in [-0.2, 0) is 0 Å². The summed E-state index contributed by atoms with van der Waals surface area (Å²) in [6, 6.07) is 0. The summed E-state index contributed by atoms with van der Waals surface area (Å²) in [5.74, 6) is 0. The van der Waals surface area contributed by atoms with Crippen LogP contribution in [0.3, 0.4) is 0 Å². The second-order valence-electron chi connectivity index (χ2n) is 1.05. The summed E-state index contributed by atoms with van der Waals surface area (Å²) in [5.41, 5.74) is 0. The van der Waals surface area contributed by atoms with Gasteiger partial charge in [-0.1, -0.05) is 0 Å². The van der Waals surface area contributed by atoms with Crippen molar-refractivity contribution in [1.29, 1.82) is 0 Å². The summed E-state index contributed by atoms with van der Waals surface area (Å²) in [4.78, 5) is 0. The zero-order chi connectivity index (χ0) is 7.02. The molecule has 0 amide bonds. The molecule has 0 aromatic rings. The van der Waals surface area contributed by atoms with Crippen LogP contribution in [0, 0.1) is 0 Å². The van der Waals surface area contributed by atoms with Gasteiger partial charge in [-0.15, -0.1) is 0 Å². The summed E-state index contributed by atoms with van der Waals surface area (Å²) in [7, 11) is -7.65. The van der Waals surface area contributed by atoms with Crippen LogP contribution in [0.25, 0.3) is 0 Å². The molecule has 0 radical (unpaired) electrons. The zero-order valence-corrected chi connectivity index (χ0v) is 5.70. The quantitative estimate of drug-likeness (QED) is 0.335. The standard InChI is InChI=1S/CHCl2F4P/c2-1(3)8(4,5,6)7/h1H. The minimum absolute atomic E-state index is 2.85. The van der Waals surface area contributed by atoms with Crippen molar-refractivity contribution in [2.24, 2.45) is 0 Å². The van der Waals surface area contributed by atoms with Crippen LogP contribution in [0.4, 0.5) is 16.8 Å². The number of hydrogen-bond acceptors (Lipinski definition) is 0. The molecule has 0 nitrogen and oxygen atoms in total. The Morgan fingerprint density at radius 2 is 1.12 bits per heavy atom. The van der Waals surface area contributed by atoms with E-state index in [4.69, 9.17) is 0 Å². The maximum absolute atomic E-state index is 11.1. The van der Waals surface area contributed by atoms with Gasteiger partial charge in [0.05, 0.1) is 0 Å². The van der Waals surface area contributed by atoms with Gasteiger partial charge in [0.15, 0.2) is 0 Å². The first-order valence-electron chi connectivity index (χ1n) is 1.37. The van der Waals surface area contributed by atoms with Crippen molar-refractivity contribution in [2.75, 3.05) is 0 Å². The van der Waals surface area contributed by atoms with E-state index >= 15 is 0 Å². The van der Waals surface area contributed by atoms with Gasteiger partial charge in [0.2, 0.25) is 0 Å². The molecule has 0 aliphatic carbocycles. The Bertz CT molecular complexity index is 84.7. The Balaban J connectivity index is 4.14. The summed E-state index contributed by atoms with van der Waals surface area (Å²) >= 11 is 8.44. The van der Waals surface area contributed by atoms with Gasteiger partial charge in [0, 0.05) is 0 Å². The molecule has 0 N–H and O–H groups in total. The van der Waals surface area contributed by atoms with E-state index in [0.717, 1.165) is 0 Å². The average molecular weight is 191 g/mol. The summed E-state index contributed by atoms with van der Waals surface area (Å²) in [6.07, 6.45) is 0. The normalized spacial score (nSPS) is 18.1. The van der Waals surface area contributed by atoms with E-state index in [1.807, 2.05) is 0 Å². The molecule has 0 aliphatic heterocycles. The summed E-state index contributed by atoms with van der Waals surface area (Å²) < 4.78 is 41.4. The molecule has 7 heteroatoms. The van der Waals surface area contributed by atoms with E-state index in [1.54, 1.807) is 0 Å². The first-order valence-corrected chi connectivity index (χ1v) is 4.11. The van der Waals surface area contributed by atoms with E-state index < -0.39 is 12.4 Å². The fourth-order valence-electron chi connectivity index (χ4n) is 0. The van der Waals surface area contributed by atoms with Gasteiger partial charge in [0.25, 0.3) is 0 Å². The van der Waals surface area contributed by atoms with Crippen molar-refractivity contribution in [3.05, 3.63) is 0 Å². The van der Waals surface area contributed by atoms with E-state index in [1.165, 1.54) is 0 Å². The molecule has 0 aromatic heterocycles. The second kappa shape index (κ2) is 1.86. The molecule has 0 heterocycles. The van der Waals surface area contributed by atoms with Gasteiger partial charge in [-0.25, -0.2) is 0 Å². The molecule has 0 saturated heterocycles. The topological polar surface area (TPSA) is 0 Å². The van der Waals surface area contributed by atoms with Crippen molar-refractivity contribution in [3.8, 4) is 0 Å². The number of hydrogen-bond donors (Lipinski definition) is 0. The minimum atomic E-state index is -7.65. The zero-order valence-electron chi connectivity index (χ0n) is 3.29. The van der Waals surface area contributed by atoms with E-state index in [-0.39, 0.29) is 0 Å². The van der Waals surface area contributed by atoms with Crippen LogP contribution in [0.5, 0.6) is 0 Å². The average Bonchev–Trinajstić information content (AvgIpc) is 1.27. The molecule has 0 aromatic carbocycles. The van der Waals surface area contributed by atoms with Crippen LogP contribution < -0.4 is 0 Å². The van der Waals surface area contributed by atoms with Crippen molar-refractivity contribution in [1.82, 2.24) is 0 Å².